The van der Waals surface area contributed by atoms with Crippen LogP contribution in [-0.2, 0) is 0 Å². The van der Waals surface area contributed by atoms with E-state index in [1.54, 1.807) is 50.7 Å². The molecule has 0 aliphatic heterocycles. The van der Waals surface area contributed by atoms with Crippen molar-refractivity contribution in [1.82, 2.24) is 4.98 Å². The van der Waals surface area contributed by atoms with Gasteiger partial charge in [-0.05, 0) is 41.8 Å². The lowest BCUT2D eigenvalue weighted by Crippen LogP contribution is -2.12. The van der Waals surface area contributed by atoms with E-state index in [1.807, 2.05) is 36.4 Å². The highest BCUT2D eigenvalue weighted by molar-refractivity contribution is 6.33. The standard InChI is InChI=1S/C24H19ClN2O3/c1-29-18-11-16(12-19(14-18)30-2)24(28)27-17-7-8-22(25)21(13-17)23-20-6-4-3-5-15(20)9-10-26-23/h3-14H,1-2H3,(H,27,28). The number of hydrogen-bond donors (Lipinski definition) is 1. The Bertz CT molecular complexity index is 1210. The normalized spacial score (nSPS) is 10.6. The molecule has 4 aromatic rings. The first kappa shape index (κ1) is 19.7. The highest BCUT2D eigenvalue weighted by atomic mass is 35.5. The topological polar surface area (TPSA) is 60.5 Å². The highest BCUT2D eigenvalue weighted by Gasteiger charge is 2.14. The third-order valence-corrected chi connectivity index (χ3v) is 5.10. The van der Waals surface area contributed by atoms with Gasteiger partial charge in [-0.3, -0.25) is 9.78 Å². The van der Waals surface area contributed by atoms with E-state index >= 15 is 0 Å². The minimum Gasteiger partial charge on any atom is -0.497 e. The number of nitrogens with zero attached hydrogens (tertiary/aromatic N) is 1. The molecule has 0 fully saturated rings. The fourth-order valence-electron chi connectivity index (χ4n) is 3.26. The molecule has 0 radical (unpaired) electrons. The van der Waals surface area contributed by atoms with Crippen molar-refractivity contribution in [2.75, 3.05) is 19.5 Å². The molecule has 0 spiro atoms. The van der Waals surface area contributed by atoms with Gasteiger partial charge in [0, 0.05) is 34.5 Å². The molecule has 1 aromatic heterocycles. The molecule has 0 saturated heterocycles. The van der Waals surface area contributed by atoms with E-state index in [-0.39, 0.29) is 5.91 Å². The Morgan fingerprint density at radius 1 is 0.933 bits per heavy atom. The molecule has 1 heterocycles. The number of benzene rings is 3. The predicted molar refractivity (Wildman–Crippen MR) is 120 cm³/mol. The number of anilines is 1. The van der Waals surface area contributed by atoms with Gasteiger partial charge in [0.2, 0.25) is 0 Å². The first-order valence-corrected chi connectivity index (χ1v) is 9.65. The SMILES string of the molecule is COc1cc(OC)cc(C(=O)Nc2ccc(Cl)c(-c3nccc4ccccc34)c2)c1. The maximum Gasteiger partial charge on any atom is 0.255 e. The van der Waals surface area contributed by atoms with E-state index in [2.05, 4.69) is 10.3 Å². The third-order valence-electron chi connectivity index (χ3n) is 4.77. The first-order chi connectivity index (χ1) is 14.6. The van der Waals surface area contributed by atoms with Crippen LogP contribution in [0.2, 0.25) is 5.02 Å². The molecule has 5 nitrogen and oxygen atoms in total. The van der Waals surface area contributed by atoms with Gasteiger partial charge < -0.3 is 14.8 Å². The fourth-order valence-corrected chi connectivity index (χ4v) is 3.47. The maximum absolute atomic E-state index is 12.8. The van der Waals surface area contributed by atoms with Crippen molar-refractivity contribution in [3.8, 4) is 22.8 Å². The zero-order valence-electron chi connectivity index (χ0n) is 16.5. The first-order valence-electron chi connectivity index (χ1n) is 9.27. The van der Waals surface area contributed by atoms with Crippen LogP contribution in [0, 0.1) is 0 Å². The number of methoxy groups -OCH3 is 2. The van der Waals surface area contributed by atoms with E-state index in [4.69, 9.17) is 21.1 Å². The Kier molecular flexibility index (Phi) is 5.55. The number of pyridine rings is 1. The number of halogens is 1. The van der Waals surface area contributed by atoms with Crippen LogP contribution in [0.25, 0.3) is 22.0 Å². The zero-order chi connectivity index (χ0) is 21.1. The molecule has 0 aliphatic carbocycles. The number of fused-ring (bicyclic) bond motifs is 1. The summed E-state index contributed by atoms with van der Waals surface area (Å²) in [6, 6.07) is 20.3. The third kappa shape index (κ3) is 3.93. The van der Waals surface area contributed by atoms with Gasteiger partial charge in [-0.2, -0.15) is 0 Å². The number of amides is 1. The van der Waals surface area contributed by atoms with E-state index < -0.39 is 0 Å². The Morgan fingerprint density at radius 2 is 1.67 bits per heavy atom. The predicted octanol–water partition coefficient (Wildman–Crippen LogP) is 5.82. The van der Waals surface area contributed by atoms with Crippen LogP contribution in [0.1, 0.15) is 10.4 Å². The highest BCUT2D eigenvalue weighted by Crippen LogP contribution is 2.34. The van der Waals surface area contributed by atoms with Crippen molar-refractivity contribution in [1.29, 1.82) is 0 Å². The van der Waals surface area contributed by atoms with E-state index in [0.717, 1.165) is 22.0 Å². The van der Waals surface area contributed by atoms with Crippen LogP contribution in [0.15, 0.2) is 72.9 Å². The number of aromatic nitrogens is 1. The van der Waals surface area contributed by atoms with Gasteiger partial charge in [-0.25, -0.2) is 0 Å². The van der Waals surface area contributed by atoms with Crippen LogP contribution in [0.4, 0.5) is 5.69 Å². The minimum atomic E-state index is -0.286. The van der Waals surface area contributed by atoms with Crippen LogP contribution < -0.4 is 14.8 Å². The second-order valence-corrected chi connectivity index (χ2v) is 7.04. The molecular weight excluding hydrogens is 400 g/mol. The fraction of sp³-hybridized carbons (Fsp3) is 0.0833. The quantitative estimate of drug-likeness (QED) is 0.443. The molecule has 0 aliphatic rings. The lowest BCUT2D eigenvalue weighted by molar-refractivity contribution is 0.102. The summed E-state index contributed by atoms with van der Waals surface area (Å²) in [6.45, 7) is 0. The molecule has 0 bridgehead atoms. The Labute approximate surface area is 179 Å². The molecule has 1 amide bonds. The summed E-state index contributed by atoms with van der Waals surface area (Å²) in [5.41, 5.74) is 2.54. The van der Waals surface area contributed by atoms with Gasteiger partial charge >= 0.3 is 0 Å². The van der Waals surface area contributed by atoms with Crippen molar-refractivity contribution in [3.05, 3.63) is 83.5 Å². The van der Waals surface area contributed by atoms with Crippen molar-refractivity contribution >= 4 is 34.0 Å². The summed E-state index contributed by atoms with van der Waals surface area (Å²) in [6.07, 6.45) is 1.75. The number of carbonyl (C=O) groups is 1. The number of rotatable bonds is 5. The van der Waals surface area contributed by atoms with Crippen LogP contribution in [0.5, 0.6) is 11.5 Å². The maximum atomic E-state index is 12.8. The molecule has 0 saturated carbocycles. The molecule has 150 valence electrons. The molecular formula is C24H19ClN2O3. The smallest absolute Gasteiger partial charge is 0.255 e. The molecule has 3 aromatic carbocycles. The van der Waals surface area contributed by atoms with E-state index in [0.29, 0.717) is 27.8 Å². The average Bonchev–Trinajstić information content (AvgIpc) is 2.79. The summed E-state index contributed by atoms with van der Waals surface area (Å²) >= 11 is 6.48. The monoisotopic (exact) mass is 418 g/mol. The number of nitrogens with one attached hydrogen (secondary N) is 1. The van der Waals surface area contributed by atoms with Gasteiger partial charge in [0.15, 0.2) is 0 Å². The number of carbonyl (C=O) groups excluding carboxylic acids is 1. The van der Waals surface area contributed by atoms with E-state index in [1.165, 1.54) is 0 Å². The van der Waals surface area contributed by atoms with Crippen molar-refractivity contribution in [3.63, 3.8) is 0 Å². The van der Waals surface area contributed by atoms with Crippen molar-refractivity contribution < 1.29 is 14.3 Å². The van der Waals surface area contributed by atoms with Crippen molar-refractivity contribution in [2.24, 2.45) is 0 Å². The Balaban J connectivity index is 1.70. The largest absolute Gasteiger partial charge is 0.497 e. The summed E-state index contributed by atoms with van der Waals surface area (Å²) in [5, 5.41) is 5.52. The van der Waals surface area contributed by atoms with Crippen LogP contribution in [0.3, 0.4) is 0 Å². The molecule has 4 rings (SSSR count). The van der Waals surface area contributed by atoms with Gasteiger partial charge in [0.1, 0.15) is 11.5 Å². The molecule has 0 atom stereocenters. The Morgan fingerprint density at radius 3 is 2.40 bits per heavy atom. The summed E-state index contributed by atoms with van der Waals surface area (Å²) < 4.78 is 10.5. The molecule has 6 heteroatoms. The zero-order valence-corrected chi connectivity index (χ0v) is 17.2. The van der Waals surface area contributed by atoms with Gasteiger partial charge in [0.25, 0.3) is 5.91 Å². The van der Waals surface area contributed by atoms with Gasteiger partial charge in [0.05, 0.1) is 24.9 Å². The summed E-state index contributed by atoms with van der Waals surface area (Å²) in [5.74, 6) is 0.791. The lowest BCUT2D eigenvalue weighted by atomic mass is 10.0. The summed E-state index contributed by atoms with van der Waals surface area (Å²) in [4.78, 5) is 17.4. The van der Waals surface area contributed by atoms with Crippen molar-refractivity contribution in [2.45, 2.75) is 0 Å². The average molecular weight is 419 g/mol. The molecule has 30 heavy (non-hydrogen) atoms. The van der Waals surface area contributed by atoms with Gasteiger partial charge in [-0.1, -0.05) is 35.9 Å². The van der Waals surface area contributed by atoms with E-state index in [9.17, 15) is 4.79 Å². The Hall–Kier alpha value is -3.57. The van der Waals surface area contributed by atoms with Crippen LogP contribution >= 0.6 is 11.6 Å². The second kappa shape index (κ2) is 8.43. The summed E-state index contributed by atoms with van der Waals surface area (Å²) in [7, 11) is 3.08. The van der Waals surface area contributed by atoms with Crippen LogP contribution in [-0.4, -0.2) is 25.1 Å². The number of hydrogen-bond acceptors (Lipinski definition) is 4. The number of ether oxygens (including phenoxy) is 2. The molecule has 0 unspecified atom stereocenters. The second-order valence-electron chi connectivity index (χ2n) is 6.63. The lowest BCUT2D eigenvalue weighted by Gasteiger charge is -2.12. The minimum absolute atomic E-state index is 0.286. The molecule has 1 N–H and O–H groups in total. The van der Waals surface area contributed by atoms with Gasteiger partial charge in [-0.15, -0.1) is 0 Å².